The molecule has 0 unspecified atom stereocenters. The van der Waals surface area contributed by atoms with Crippen LogP contribution in [0.4, 0.5) is 0 Å². The first-order valence-corrected chi connectivity index (χ1v) is 9.56. The van der Waals surface area contributed by atoms with Crippen molar-refractivity contribution < 1.29 is 4.80 Å². The van der Waals surface area contributed by atoms with Crippen molar-refractivity contribution in [3.63, 3.8) is 0 Å². The minimum atomic E-state index is -0.250. The van der Waals surface area contributed by atoms with Crippen LogP contribution in [0.15, 0.2) is 103 Å². The molecular weight excluding hydrogens is 332 g/mol. The summed E-state index contributed by atoms with van der Waals surface area (Å²) < 4.78 is 0. The lowest BCUT2D eigenvalue weighted by molar-refractivity contribution is 0.615. The highest BCUT2D eigenvalue weighted by atomic mass is 28.2. The normalized spacial score (nSPS) is 10.7. The van der Waals surface area contributed by atoms with Crippen molar-refractivity contribution in [2.24, 2.45) is 0 Å². The van der Waals surface area contributed by atoms with E-state index in [1.54, 1.807) is 0 Å². The first-order chi connectivity index (χ1) is 12.9. The van der Waals surface area contributed by atoms with Gasteiger partial charge in [0.15, 0.2) is 0 Å². The summed E-state index contributed by atoms with van der Waals surface area (Å²) in [5.74, 6) is 0. The largest absolute Gasteiger partial charge is 0.428 e. The number of hydrogen-bond acceptors (Lipinski definition) is 1. The Bertz CT molecular complexity index is 996. The smallest absolute Gasteiger partial charge is 0.266 e. The summed E-state index contributed by atoms with van der Waals surface area (Å²) in [6.07, 6.45) is 0. The van der Waals surface area contributed by atoms with E-state index < -0.39 is 0 Å². The molecule has 2 heteroatoms. The molecule has 0 heterocycles. The predicted octanol–water partition coefficient (Wildman–Crippen LogP) is 4.92. The van der Waals surface area contributed by atoms with Crippen molar-refractivity contribution in [1.82, 2.24) is 0 Å². The lowest BCUT2D eigenvalue weighted by Crippen LogP contribution is -2.18. The monoisotopic (exact) mass is 350 g/mol. The topological polar surface area (TPSA) is 20.2 Å². The molecule has 0 saturated carbocycles. The molecule has 124 valence electrons. The molecule has 0 aromatic heterocycles. The molecule has 4 rings (SSSR count). The second-order valence-electron chi connectivity index (χ2n) is 6.12. The zero-order valence-electron chi connectivity index (χ0n) is 14.3. The third kappa shape index (κ3) is 3.13. The van der Waals surface area contributed by atoms with Gasteiger partial charge in [-0.1, -0.05) is 103 Å². The van der Waals surface area contributed by atoms with Crippen molar-refractivity contribution in [1.29, 1.82) is 0 Å². The first-order valence-electron chi connectivity index (χ1n) is 8.62. The van der Waals surface area contributed by atoms with E-state index in [9.17, 15) is 4.80 Å². The standard InChI is InChI=1S/C24H18OSi/c25-26-22-17-16-21(18-10-4-1-5-11-18)23(19-12-6-2-7-13-19)24(22)20-14-8-3-9-15-20/h1-17,25H. The van der Waals surface area contributed by atoms with Gasteiger partial charge in [0.1, 0.15) is 0 Å². The molecule has 0 spiro atoms. The van der Waals surface area contributed by atoms with Gasteiger partial charge < -0.3 is 4.80 Å². The van der Waals surface area contributed by atoms with Gasteiger partial charge in [-0.05, 0) is 38.6 Å². The lowest BCUT2D eigenvalue weighted by Gasteiger charge is -2.19. The molecule has 26 heavy (non-hydrogen) atoms. The van der Waals surface area contributed by atoms with E-state index in [-0.39, 0.29) is 9.76 Å². The zero-order chi connectivity index (χ0) is 17.8. The highest BCUT2D eigenvalue weighted by molar-refractivity contribution is 6.49. The summed E-state index contributed by atoms with van der Waals surface area (Å²) in [7, 11) is -0.250. The quantitative estimate of drug-likeness (QED) is 0.518. The molecule has 0 aliphatic rings. The van der Waals surface area contributed by atoms with Crippen LogP contribution in [0, 0.1) is 0 Å². The fourth-order valence-electron chi connectivity index (χ4n) is 3.36. The van der Waals surface area contributed by atoms with Crippen LogP contribution in [-0.2, 0) is 0 Å². The van der Waals surface area contributed by atoms with Crippen LogP contribution in [-0.4, -0.2) is 14.6 Å². The fraction of sp³-hybridized carbons (Fsp3) is 0. The minimum Gasteiger partial charge on any atom is -0.428 e. The van der Waals surface area contributed by atoms with Crippen molar-refractivity contribution in [3.05, 3.63) is 103 Å². The van der Waals surface area contributed by atoms with Gasteiger partial charge in [-0.15, -0.1) is 0 Å². The van der Waals surface area contributed by atoms with Gasteiger partial charge in [-0.2, -0.15) is 0 Å². The van der Waals surface area contributed by atoms with Gasteiger partial charge in [-0.25, -0.2) is 0 Å². The molecule has 0 atom stereocenters. The van der Waals surface area contributed by atoms with Crippen LogP contribution in [0.25, 0.3) is 33.4 Å². The van der Waals surface area contributed by atoms with Gasteiger partial charge in [0.25, 0.3) is 9.76 Å². The third-order valence-corrected chi connectivity index (χ3v) is 5.19. The minimum absolute atomic E-state index is 0.250. The predicted molar refractivity (Wildman–Crippen MR) is 110 cm³/mol. The number of benzene rings is 4. The summed E-state index contributed by atoms with van der Waals surface area (Å²) >= 11 is 0. The summed E-state index contributed by atoms with van der Waals surface area (Å²) in [5, 5.41) is 0.967. The van der Waals surface area contributed by atoms with Crippen LogP contribution < -0.4 is 5.19 Å². The Kier molecular flexibility index (Phi) is 4.78. The van der Waals surface area contributed by atoms with E-state index in [1.165, 1.54) is 16.7 Å². The van der Waals surface area contributed by atoms with Crippen molar-refractivity contribution in [3.8, 4) is 33.4 Å². The van der Waals surface area contributed by atoms with Gasteiger partial charge in [0.05, 0.1) is 0 Å². The molecule has 0 bridgehead atoms. The van der Waals surface area contributed by atoms with E-state index in [0.29, 0.717) is 0 Å². The summed E-state index contributed by atoms with van der Waals surface area (Å²) in [6, 6.07) is 35.4. The van der Waals surface area contributed by atoms with Gasteiger partial charge >= 0.3 is 0 Å². The van der Waals surface area contributed by atoms with E-state index >= 15 is 0 Å². The molecule has 0 aliphatic heterocycles. The SMILES string of the molecule is O[Si]c1ccc(-c2ccccc2)c(-c2ccccc2)c1-c1ccccc1. The summed E-state index contributed by atoms with van der Waals surface area (Å²) in [6.45, 7) is 0. The first kappa shape index (κ1) is 16.5. The van der Waals surface area contributed by atoms with Crippen LogP contribution in [0.5, 0.6) is 0 Å². The van der Waals surface area contributed by atoms with Crippen LogP contribution >= 0.6 is 0 Å². The third-order valence-electron chi connectivity index (χ3n) is 4.54. The highest BCUT2D eigenvalue weighted by Crippen LogP contribution is 2.38. The Morgan fingerprint density at radius 2 is 0.923 bits per heavy atom. The van der Waals surface area contributed by atoms with E-state index in [2.05, 4.69) is 72.8 Å². The highest BCUT2D eigenvalue weighted by Gasteiger charge is 2.17. The Morgan fingerprint density at radius 1 is 0.462 bits per heavy atom. The molecule has 1 N–H and O–H groups in total. The van der Waals surface area contributed by atoms with Gasteiger partial charge in [0, 0.05) is 0 Å². The van der Waals surface area contributed by atoms with Crippen molar-refractivity contribution >= 4 is 14.9 Å². The second kappa shape index (κ2) is 7.52. The maximum Gasteiger partial charge on any atom is 0.266 e. The maximum absolute atomic E-state index is 10.0. The van der Waals surface area contributed by atoms with Gasteiger partial charge in [-0.3, -0.25) is 0 Å². The molecule has 0 amide bonds. The van der Waals surface area contributed by atoms with Crippen molar-refractivity contribution in [2.75, 3.05) is 0 Å². The summed E-state index contributed by atoms with van der Waals surface area (Å²) in [5.41, 5.74) is 6.92. The lowest BCUT2D eigenvalue weighted by atomic mass is 9.87. The maximum atomic E-state index is 10.0. The van der Waals surface area contributed by atoms with E-state index in [4.69, 9.17) is 0 Å². The van der Waals surface area contributed by atoms with E-state index in [1.807, 2.05) is 30.3 Å². The Labute approximate surface area is 156 Å². The summed E-state index contributed by atoms with van der Waals surface area (Å²) in [4.78, 5) is 10.0. The average Bonchev–Trinajstić information content (AvgIpc) is 2.74. The molecule has 2 radical (unpaired) electrons. The fourth-order valence-corrected chi connectivity index (χ4v) is 3.90. The average molecular weight is 350 g/mol. The molecule has 0 aliphatic carbocycles. The molecule has 0 fully saturated rings. The van der Waals surface area contributed by atoms with Crippen LogP contribution in [0.3, 0.4) is 0 Å². The van der Waals surface area contributed by atoms with Crippen LogP contribution in [0.1, 0.15) is 0 Å². The van der Waals surface area contributed by atoms with Crippen LogP contribution in [0.2, 0.25) is 0 Å². The molecule has 4 aromatic carbocycles. The Hall–Kier alpha value is -2.94. The Balaban J connectivity index is 2.09. The Morgan fingerprint density at radius 3 is 1.42 bits per heavy atom. The molecular formula is C24H18OSi. The number of rotatable bonds is 4. The number of hydrogen-bond donors (Lipinski definition) is 1. The van der Waals surface area contributed by atoms with E-state index in [0.717, 1.165) is 21.9 Å². The van der Waals surface area contributed by atoms with Gasteiger partial charge in [0.2, 0.25) is 0 Å². The molecule has 1 nitrogen and oxygen atoms in total. The molecule has 4 aromatic rings. The zero-order valence-corrected chi connectivity index (χ0v) is 15.3. The van der Waals surface area contributed by atoms with Crippen molar-refractivity contribution in [2.45, 2.75) is 0 Å². The second-order valence-corrected chi connectivity index (χ2v) is 6.88. The molecule has 0 saturated heterocycles.